The topological polar surface area (TPSA) is 63.6 Å². The van der Waals surface area contributed by atoms with Gasteiger partial charge in [0, 0.05) is 6.42 Å². The quantitative estimate of drug-likeness (QED) is 0.236. The van der Waals surface area contributed by atoms with Crippen molar-refractivity contribution >= 4 is 12.4 Å². The van der Waals surface area contributed by atoms with E-state index in [4.69, 9.17) is 0 Å². The Kier molecular flexibility index (Phi) is 16.8. The predicted molar refractivity (Wildman–Crippen MR) is 92.7 cm³/mol. The minimum atomic E-state index is -0.478. The van der Waals surface area contributed by atoms with Crippen LogP contribution in [0.4, 0.5) is 0 Å². The fraction of sp³-hybridized carbons (Fsp3) is 0.895. The van der Waals surface area contributed by atoms with Gasteiger partial charge in [-0.1, -0.05) is 77.6 Å². The molecule has 0 saturated heterocycles. The summed E-state index contributed by atoms with van der Waals surface area (Å²) in [7, 11) is 0. The molecule has 4 heteroatoms. The average Bonchev–Trinajstić information content (AvgIpc) is 2.53. The van der Waals surface area contributed by atoms with E-state index in [-0.39, 0.29) is 6.10 Å². The number of esters is 1. The van der Waals surface area contributed by atoms with Crippen LogP contribution in [0.1, 0.15) is 103 Å². The van der Waals surface area contributed by atoms with Gasteiger partial charge in [0.1, 0.15) is 0 Å². The van der Waals surface area contributed by atoms with E-state index in [2.05, 4.69) is 11.7 Å². The van der Waals surface area contributed by atoms with E-state index in [1.807, 2.05) is 0 Å². The molecular formula is C19H35O4. The lowest BCUT2D eigenvalue weighted by molar-refractivity contribution is -0.135. The Morgan fingerprint density at radius 3 is 1.87 bits per heavy atom. The van der Waals surface area contributed by atoms with Gasteiger partial charge in [-0.25, -0.2) is 4.79 Å². The first-order valence-electron chi connectivity index (χ1n) is 9.45. The smallest absolute Gasteiger partial charge is 0.393 e. The summed E-state index contributed by atoms with van der Waals surface area (Å²) in [5.74, 6) is -0.478. The number of hydrogen-bond acceptors (Lipinski definition) is 4. The van der Waals surface area contributed by atoms with Crippen LogP contribution in [0, 0.1) is 0 Å². The molecule has 135 valence electrons. The number of aliphatic hydroxyl groups excluding tert-OH is 1. The van der Waals surface area contributed by atoms with Crippen molar-refractivity contribution in [2.24, 2.45) is 0 Å². The summed E-state index contributed by atoms with van der Waals surface area (Å²) < 4.78 is 4.10. The Morgan fingerprint density at radius 1 is 0.870 bits per heavy atom. The summed E-state index contributed by atoms with van der Waals surface area (Å²) >= 11 is 0. The molecule has 23 heavy (non-hydrogen) atoms. The third-order valence-electron chi connectivity index (χ3n) is 4.21. The third kappa shape index (κ3) is 17.3. The van der Waals surface area contributed by atoms with Gasteiger partial charge in [-0.05, 0) is 19.3 Å². The molecule has 0 spiro atoms. The number of ether oxygens (including phenoxy) is 1. The van der Waals surface area contributed by atoms with Crippen LogP contribution in [0.2, 0.25) is 0 Å². The van der Waals surface area contributed by atoms with Crippen LogP contribution in [-0.2, 0) is 14.3 Å². The second-order valence-electron chi connectivity index (χ2n) is 6.43. The van der Waals surface area contributed by atoms with E-state index in [0.29, 0.717) is 6.42 Å². The number of carbonyl (C=O) groups is 1. The number of rotatable bonds is 17. The molecule has 0 aromatic carbocycles. The van der Waals surface area contributed by atoms with Gasteiger partial charge in [0.25, 0.3) is 0 Å². The minimum absolute atomic E-state index is 0.102. The first-order chi connectivity index (χ1) is 11.2. The van der Waals surface area contributed by atoms with E-state index < -0.39 is 5.97 Å². The van der Waals surface area contributed by atoms with Crippen LogP contribution >= 0.6 is 0 Å². The van der Waals surface area contributed by atoms with Crippen LogP contribution < -0.4 is 0 Å². The Labute approximate surface area is 142 Å². The molecule has 0 aromatic rings. The molecule has 0 saturated carbocycles. The SMILES string of the molecule is CCCCCCC(O)CCCCCCCCCCC(=O)O[C]=O. The van der Waals surface area contributed by atoms with Gasteiger partial charge in [-0.3, -0.25) is 4.79 Å². The van der Waals surface area contributed by atoms with Gasteiger partial charge in [-0.15, -0.1) is 0 Å². The number of hydrogen-bond donors (Lipinski definition) is 1. The summed E-state index contributed by atoms with van der Waals surface area (Å²) in [5, 5.41) is 9.87. The summed E-state index contributed by atoms with van der Waals surface area (Å²) in [6.07, 6.45) is 15.9. The highest BCUT2D eigenvalue weighted by atomic mass is 16.6. The predicted octanol–water partition coefficient (Wildman–Crippen LogP) is 4.83. The molecule has 0 aromatic heterocycles. The van der Waals surface area contributed by atoms with Crippen LogP contribution in [0.5, 0.6) is 0 Å². The van der Waals surface area contributed by atoms with Gasteiger partial charge >= 0.3 is 12.4 Å². The van der Waals surface area contributed by atoms with Crippen LogP contribution in [0.3, 0.4) is 0 Å². The van der Waals surface area contributed by atoms with Crippen LogP contribution in [0.15, 0.2) is 0 Å². The zero-order valence-corrected chi connectivity index (χ0v) is 14.9. The van der Waals surface area contributed by atoms with Crippen molar-refractivity contribution in [1.29, 1.82) is 0 Å². The molecule has 0 fully saturated rings. The van der Waals surface area contributed by atoms with Crippen molar-refractivity contribution in [2.75, 3.05) is 0 Å². The lowest BCUT2D eigenvalue weighted by atomic mass is 10.0. The number of aliphatic hydroxyl groups is 1. The van der Waals surface area contributed by atoms with Crippen molar-refractivity contribution < 1.29 is 19.4 Å². The Balaban J connectivity index is 3.18. The molecule has 4 nitrogen and oxygen atoms in total. The Morgan fingerprint density at radius 2 is 1.35 bits per heavy atom. The van der Waals surface area contributed by atoms with Crippen LogP contribution in [-0.4, -0.2) is 23.7 Å². The van der Waals surface area contributed by atoms with E-state index in [0.717, 1.165) is 51.4 Å². The highest BCUT2D eigenvalue weighted by molar-refractivity contribution is 5.76. The summed E-state index contributed by atoms with van der Waals surface area (Å²) in [5.41, 5.74) is 0. The molecule has 1 radical (unpaired) electrons. The largest absolute Gasteiger partial charge is 0.425 e. The molecule has 0 bridgehead atoms. The molecule has 0 aliphatic carbocycles. The molecule has 0 aliphatic rings. The van der Waals surface area contributed by atoms with Crippen molar-refractivity contribution in [1.82, 2.24) is 0 Å². The summed E-state index contributed by atoms with van der Waals surface area (Å²) in [4.78, 5) is 20.7. The number of unbranched alkanes of at least 4 members (excludes halogenated alkanes) is 10. The Hall–Kier alpha value is -0.900. The maximum absolute atomic E-state index is 10.9. The molecule has 0 amide bonds. The van der Waals surface area contributed by atoms with Gasteiger partial charge in [0.15, 0.2) is 0 Å². The average molecular weight is 327 g/mol. The van der Waals surface area contributed by atoms with Gasteiger partial charge in [0.2, 0.25) is 0 Å². The first-order valence-corrected chi connectivity index (χ1v) is 9.45. The fourth-order valence-electron chi connectivity index (χ4n) is 2.76. The third-order valence-corrected chi connectivity index (χ3v) is 4.21. The normalized spacial score (nSPS) is 12.1. The van der Waals surface area contributed by atoms with Crippen LogP contribution in [0.25, 0.3) is 0 Å². The molecule has 0 aliphatic heterocycles. The van der Waals surface area contributed by atoms with Crippen molar-refractivity contribution in [3.05, 3.63) is 0 Å². The molecule has 1 unspecified atom stereocenters. The zero-order valence-electron chi connectivity index (χ0n) is 14.9. The first kappa shape index (κ1) is 22.1. The van der Waals surface area contributed by atoms with Gasteiger partial charge in [-0.2, -0.15) is 0 Å². The highest BCUT2D eigenvalue weighted by Crippen LogP contribution is 2.14. The molecule has 0 rings (SSSR count). The second-order valence-corrected chi connectivity index (χ2v) is 6.43. The molecular weight excluding hydrogens is 292 g/mol. The van der Waals surface area contributed by atoms with Gasteiger partial charge < -0.3 is 9.84 Å². The molecule has 0 heterocycles. The fourth-order valence-corrected chi connectivity index (χ4v) is 2.76. The highest BCUT2D eigenvalue weighted by Gasteiger charge is 2.04. The minimum Gasteiger partial charge on any atom is -0.393 e. The van der Waals surface area contributed by atoms with Crippen molar-refractivity contribution in [2.45, 2.75) is 109 Å². The maximum atomic E-state index is 10.9. The lowest BCUT2D eigenvalue weighted by Crippen LogP contribution is -2.05. The summed E-state index contributed by atoms with van der Waals surface area (Å²) in [6.45, 7) is 3.36. The monoisotopic (exact) mass is 327 g/mol. The second kappa shape index (κ2) is 17.5. The van der Waals surface area contributed by atoms with Crippen molar-refractivity contribution in [3.63, 3.8) is 0 Å². The van der Waals surface area contributed by atoms with E-state index in [9.17, 15) is 14.7 Å². The van der Waals surface area contributed by atoms with E-state index in [1.165, 1.54) is 44.9 Å². The standard InChI is InChI=1S/C19H35O4/c1-2-3-4-11-14-18(21)15-12-9-7-5-6-8-10-13-16-19(22)23-17-20/h18,21H,2-16H2,1H3. The lowest BCUT2D eigenvalue weighted by Gasteiger charge is -2.10. The Bertz CT molecular complexity index is 279. The van der Waals surface area contributed by atoms with E-state index in [1.54, 1.807) is 0 Å². The van der Waals surface area contributed by atoms with E-state index >= 15 is 0 Å². The molecule has 1 N–H and O–H groups in total. The van der Waals surface area contributed by atoms with Gasteiger partial charge in [0.05, 0.1) is 6.10 Å². The molecule has 1 atom stereocenters. The maximum Gasteiger partial charge on any atom is 0.425 e. The number of carbonyl (C=O) groups excluding carboxylic acids is 2. The zero-order chi connectivity index (χ0) is 17.2. The van der Waals surface area contributed by atoms with Crippen molar-refractivity contribution in [3.8, 4) is 0 Å². The summed E-state index contributed by atoms with van der Waals surface area (Å²) in [6, 6.07) is 0.